The molecule has 0 bridgehead atoms. The van der Waals surface area contributed by atoms with E-state index in [-0.39, 0.29) is 0 Å². The van der Waals surface area contributed by atoms with Gasteiger partial charge in [-0.05, 0) is 12.1 Å². The Morgan fingerprint density at radius 3 is 2.46 bits per heavy atom. The topological polar surface area (TPSA) is 26.3 Å². The number of carbonyl (C=O) groups is 1. The van der Waals surface area contributed by atoms with E-state index in [0.29, 0.717) is 0 Å². The number of hydrogen-bond acceptors (Lipinski definition) is 2. The van der Waals surface area contributed by atoms with Gasteiger partial charge in [0, 0.05) is 11.6 Å². The van der Waals surface area contributed by atoms with E-state index >= 15 is 0 Å². The highest BCUT2D eigenvalue weighted by Crippen LogP contribution is 2.25. The van der Waals surface area contributed by atoms with Gasteiger partial charge in [0.15, 0.2) is 11.6 Å². The molecule has 0 aliphatic rings. The van der Waals surface area contributed by atoms with E-state index in [0.717, 1.165) is 12.1 Å². The quantitative estimate of drug-likeness (QED) is 0.543. The van der Waals surface area contributed by atoms with Crippen molar-refractivity contribution in [1.29, 1.82) is 0 Å². The number of halogens is 4. The third kappa shape index (κ3) is 2.29. The first-order chi connectivity index (χ1) is 6.02. The molecule has 0 aromatic heterocycles. The molecule has 0 unspecified atom stereocenters. The van der Waals surface area contributed by atoms with E-state index in [4.69, 9.17) is 23.2 Å². The molecule has 0 N–H and O–H groups in total. The second-order valence-corrected chi connectivity index (χ2v) is 2.73. The summed E-state index contributed by atoms with van der Waals surface area (Å²) in [5, 5.41) is -0.396. The van der Waals surface area contributed by atoms with Crippen molar-refractivity contribution in [2.45, 2.75) is 0 Å². The van der Waals surface area contributed by atoms with Gasteiger partial charge in [-0.25, -0.2) is 9.18 Å². The van der Waals surface area contributed by atoms with Crippen LogP contribution in [0.3, 0.4) is 0 Å². The molecule has 1 rings (SSSR count). The minimum atomic E-state index is -1.35. The van der Waals surface area contributed by atoms with Crippen LogP contribution in [0.15, 0.2) is 12.1 Å². The van der Waals surface area contributed by atoms with Crippen LogP contribution >= 0.6 is 23.2 Å². The van der Waals surface area contributed by atoms with Crippen LogP contribution in [0.4, 0.5) is 13.6 Å². The summed E-state index contributed by atoms with van der Waals surface area (Å²) in [6.07, 6.45) is 0. The normalized spacial score (nSPS) is 9.85. The molecule has 70 valence electrons. The molecule has 0 saturated heterocycles. The van der Waals surface area contributed by atoms with Crippen LogP contribution in [0.2, 0.25) is 5.02 Å². The average molecular weight is 227 g/mol. The molecule has 0 aliphatic heterocycles. The van der Waals surface area contributed by atoms with Gasteiger partial charge in [0.1, 0.15) is 0 Å². The Kier molecular flexibility index (Phi) is 3.06. The van der Waals surface area contributed by atoms with Gasteiger partial charge in [-0.2, -0.15) is 4.39 Å². The van der Waals surface area contributed by atoms with Crippen LogP contribution in [0, 0.1) is 11.6 Å². The van der Waals surface area contributed by atoms with Crippen LogP contribution in [0.1, 0.15) is 0 Å². The first-order valence-corrected chi connectivity index (χ1v) is 3.78. The number of rotatable bonds is 1. The van der Waals surface area contributed by atoms with Crippen molar-refractivity contribution in [2.75, 3.05) is 0 Å². The Morgan fingerprint density at radius 1 is 1.31 bits per heavy atom. The SMILES string of the molecule is O=C(Cl)Oc1ccc(Cl)c(F)c1F. The van der Waals surface area contributed by atoms with Crippen molar-refractivity contribution in [3.8, 4) is 5.75 Å². The lowest BCUT2D eigenvalue weighted by molar-refractivity contribution is 0.223. The zero-order valence-corrected chi connectivity index (χ0v) is 7.49. The second kappa shape index (κ2) is 3.89. The molecule has 0 amide bonds. The Hall–Kier alpha value is -0.870. The van der Waals surface area contributed by atoms with Crippen LogP contribution in [0.25, 0.3) is 0 Å². The molecule has 0 fully saturated rings. The molecule has 0 atom stereocenters. The minimum absolute atomic E-state index is 0.396. The molecular formula is C7H2Cl2F2O2. The molecule has 0 spiro atoms. The number of hydrogen-bond donors (Lipinski definition) is 0. The van der Waals surface area contributed by atoms with Crippen molar-refractivity contribution in [3.63, 3.8) is 0 Å². The highest BCUT2D eigenvalue weighted by molar-refractivity contribution is 6.61. The third-order valence-corrected chi connectivity index (χ3v) is 1.56. The summed E-state index contributed by atoms with van der Waals surface area (Å²) >= 11 is 10.0. The molecule has 1 aromatic rings. The van der Waals surface area contributed by atoms with Crippen LogP contribution in [-0.4, -0.2) is 5.43 Å². The summed E-state index contributed by atoms with van der Waals surface area (Å²) in [4.78, 5) is 10.2. The van der Waals surface area contributed by atoms with Gasteiger partial charge in [0.05, 0.1) is 5.02 Å². The fourth-order valence-electron chi connectivity index (χ4n) is 0.673. The maximum Gasteiger partial charge on any atom is 0.409 e. The first-order valence-electron chi connectivity index (χ1n) is 3.03. The van der Waals surface area contributed by atoms with Crippen molar-refractivity contribution in [2.24, 2.45) is 0 Å². The zero-order valence-electron chi connectivity index (χ0n) is 5.98. The fourth-order valence-corrected chi connectivity index (χ4v) is 0.903. The number of carbonyl (C=O) groups excluding carboxylic acids is 1. The third-order valence-electron chi connectivity index (χ3n) is 1.19. The lowest BCUT2D eigenvalue weighted by atomic mass is 10.3. The number of benzene rings is 1. The lowest BCUT2D eigenvalue weighted by Gasteiger charge is -2.02. The minimum Gasteiger partial charge on any atom is -0.411 e. The maximum atomic E-state index is 12.8. The molecule has 2 nitrogen and oxygen atoms in total. The van der Waals surface area contributed by atoms with Gasteiger partial charge < -0.3 is 4.74 Å². The molecule has 13 heavy (non-hydrogen) atoms. The monoisotopic (exact) mass is 226 g/mol. The predicted octanol–water partition coefficient (Wildman–Crippen LogP) is 3.36. The number of ether oxygens (including phenoxy) is 1. The highest BCUT2D eigenvalue weighted by atomic mass is 35.5. The largest absolute Gasteiger partial charge is 0.411 e. The van der Waals surface area contributed by atoms with Crippen molar-refractivity contribution in [1.82, 2.24) is 0 Å². The van der Waals surface area contributed by atoms with Crippen LogP contribution in [-0.2, 0) is 0 Å². The summed E-state index contributed by atoms with van der Waals surface area (Å²) in [5.74, 6) is -3.22. The summed E-state index contributed by atoms with van der Waals surface area (Å²) in [7, 11) is 0. The Labute approximate surface area is 82.0 Å². The summed E-state index contributed by atoms with van der Waals surface area (Å²) in [6.45, 7) is 0. The van der Waals surface area contributed by atoms with E-state index in [1.807, 2.05) is 0 Å². The van der Waals surface area contributed by atoms with Gasteiger partial charge in [-0.3, -0.25) is 0 Å². The van der Waals surface area contributed by atoms with Gasteiger partial charge in [0.2, 0.25) is 5.82 Å². The van der Waals surface area contributed by atoms with E-state index in [9.17, 15) is 13.6 Å². The van der Waals surface area contributed by atoms with Gasteiger partial charge in [0.25, 0.3) is 0 Å². The smallest absolute Gasteiger partial charge is 0.409 e. The highest BCUT2D eigenvalue weighted by Gasteiger charge is 2.14. The summed E-state index contributed by atoms with van der Waals surface area (Å²) in [6, 6.07) is 2.05. The fraction of sp³-hybridized carbons (Fsp3) is 0. The van der Waals surface area contributed by atoms with Gasteiger partial charge >= 0.3 is 5.43 Å². The van der Waals surface area contributed by atoms with E-state index in [2.05, 4.69) is 4.74 Å². The molecule has 6 heteroatoms. The van der Waals surface area contributed by atoms with Crippen molar-refractivity contribution >= 4 is 28.6 Å². The molecule has 0 heterocycles. The predicted molar refractivity (Wildman–Crippen MR) is 43.2 cm³/mol. The van der Waals surface area contributed by atoms with Gasteiger partial charge in [-0.1, -0.05) is 11.6 Å². The maximum absolute atomic E-state index is 12.8. The Morgan fingerprint density at radius 2 is 1.92 bits per heavy atom. The Balaban J connectivity index is 3.10. The van der Waals surface area contributed by atoms with Crippen molar-refractivity contribution < 1.29 is 18.3 Å². The summed E-state index contributed by atoms with van der Waals surface area (Å²) in [5.41, 5.74) is -1.25. The van der Waals surface area contributed by atoms with Crippen LogP contribution < -0.4 is 4.74 Å². The average Bonchev–Trinajstić information content (AvgIpc) is 2.06. The first kappa shape index (κ1) is 10.2. The lowest BCUT2D eigenvalue weighted by Crippen LogP contribution is -2.00. The van der Waals surface area contributed by atoms with E-state index in [1.54, 1.807) is 0 Å². The van der Waals surface area contributed by atoms with Crippen LogP contribution in [0.5, 0.6) is 5.75 Å². The second-order valence-electron chi connectivity index (χ2n) is 2.01. The molecular weight excluding hydrogens is 225 g/mol. The molecule has 0 radical (unpaired) electrons. The molecule has 1 aromatic carbocycles. The Bertz CT molecular complexity index is 355. The standard InChI is InChI=1S/C7H2Cl2F2O2/c8-3-1-2-4(13-7(9)12)6(11)5(3)10/h1-2H. The summed E-state index contributed by atoms with van der Waals surface area (Å²) < 4.78 is 29.7. The van der Waals surface area contributed by atoms with E-state index < -0.39 is 27.8 Å². The van der Waals surface area contributed by atoms with E-state index in [1.165, 1.54) is 0 Å². The molecule has 0 aliphatic carbocycles. The molecule has 0 saturated carbocycles. The zero-order chi connectivity index (χ0) is 10.0. The van der Waals surface area contributed by atoms with Crippen molar-refractivity contribution in [3.05, 3.63) is 28.8 Å². The van der Waals surface area contributed by atoms with Gasteiger partial charge in [-0.15, -0.1) is 0 Å².